The van der Waals surface area contributed by atoms with E-state index >= 15 is 0 Å². The van der Waals surface area contributed by atoms with Crippen molar-refractivity contribution in [2.24, 2.45) is 11.8 Å². The zero-order valence-corrected chi connectivity index (χ0v) is 7.53. The fourth-order valence-corrected chi connectivity index (χ4v) is 1.30. The van der Waals surface area contributed by atoms with Gasteiger partial charge in [-0.3, -0.25) is 10.1 Å². The van der Waals surface area contributed by atoms with Crippen LogP contribution in [0.3, 0.4) is 0 Å². The smallest absolute Gasteiger partial charge is 0.207 e. The molecule has 0 radical (unpaired) electrons. The Balaban J connectivity index is 4.10. The first-order valence-electron chi connectivity index (χ1n) is 4.22. The van der Waals surface area contributed by atoms with E-state index in [4.69, 9.17) is 0 Å². The van der Waals surface area contributed by atoms with Crippen LogP contribution in [0.4, 0.5) is 0 Å². The van der Waals surface area contributed by atoms with Crippen molar-refractivity contribution in [2.75, 3.05) is 6.54 Å². The van der Waals surface area contributed by atoms with E-state index in [0.717, 1.165) is 6.29 Å². The van der Waals surface area contributed by atoms with E-state index in [2.05, 4.69) is 0 Å². The van der Waals surface area contributed by atoms with Crippen LogP contribution in [0.25, 0.3) is 0 Å². The average Bonchev–Trinajstić information content (AvgIpc) is 2.04. The molecule has 2 atom stereocenters. The third kappa shape index (κ3) is 3.46. The van der Waals surface area contributed by atoms with Crippen LogP contribution in [0.15, 0.2) is 0 Å². The molecule has 0 aromatic carbocycles. The maximum absolute atomic E-state index is 10.5. The normalized spacial score (nSPS) is 15.2. The summed E-state index contributed by atoms with van der Waals surface area (Å²) in [5.41, 5.74) is 0. The molecule has 4 nitrogen and oxygen atoms in total. The maximum atomic E-state index is 10.5. The molecular weight excluding hydrogens is 158 g/mol. The summed E-state index contributed by atoms with van der Waals surface area (Å²) < 4.78 is 0. The Labute approximate surface area is 72.1 Å². The number of carbonyl (C=O) groups is 1. The number of aldehydes is 1. The predicted molar refractivity (Wildman–Crippen MR) is 45.5 cm³/mol. The van der Waals surface area contributed by atoms with Gasteiger partial charge in [0.25, 0.3) is 0 Å². The Morgan fingerprint density at radius 3 is 2.25 bits per heavy atom. The van der Waals surface area contributed by atoms with Crippen molar-refractivity contribution >= 4 is 6.29 Å². The molecule has 2 unspecified atom stereocenters. The minimum Gasteiger partial charge on any atom is -0.303 e. The van der Waals surface area contributed by atoms with Gasteiger partial charge in [0.2, 0.25) is 6.54 Å². The fourth-order valence-electron chi connectivity index (χ4n) is 1.30. The minimum absolute atomic E-state index is 0.0895. The summed E-state index contributed by atoms with van der Waals surface area (Å²) in [4.78, 5) is 20.3. The van der Waals surface area contributed by atoms with Gasteiger partial charge in [0.1, 0.15) is 6.29 Å². The highest BCUT2D eigenvalue weighted by Gasteiger charge is 2.22. The van der Waals surface area contributed by atoms with Crippen LogP contribution in [0.5, 0.6) is 0 Å². The van der Waals surface area contributed by atoms with Gasteiger partial charge in [0.05, 0.1) is 0 Å². The van der Waals surface area contributed by atoms with E-state index < -0.39 is 0 Å². The van der Waals surface area contributed by atoms with Crippen molar-refractivity contribution in [1.29, 1.82) is 0 Å². The van der Waals surface area contributed by atoms with Crippen molar-refractivity contribution in [3.8, 4) is 0 Å². The van der Waals surface area contributed by atoms with Crippen LogP contribution >= 0.6 is 0 Å². The van der Waals surface area contributed by atoms with Gasteiger partial charge < -0.3 is 4.79 Å². The largest absolute Gasteiger partial charge is 0.303 e. The lowest BCUT2D eigenvalue weighted by Gasteiger charge is -2.15. The third-order valence-electron chi connectivity index (χ3n) is 2.16. The lowest BCUT2D eigenvalue weighted by atomic mass is 9.89. The Hall–Kier alpha value is -0.930. The second-order valence-electron chi connectivity index (χ2n) is 2.89. The highest BCUT2D eigenvalue weighted by molar-refractivity contribution is 5.53. The lowest BCUT2D eigenvalue weighted by molar-refractivity contribution is -0.489. The molecule has 0 bridgehead atoms. The molecule has 0 fully saturated rings. The Kier molecular flexibility index (Phi) is 5.25. The van der Waals surface area contributed by atoms with Crippen molar-refractivity contribution in [2.45, 2.75) is 26.7 Å². The molecule has 4 heteroatoms. The second kappa shape index (κ2) is 5.69. The second-order valence-corrected chi connectivity index (χ2v) is 2.89. The van der Waals surface area contributed by atoms with Crippen molar-refractivity contribution in [3.63, 3.8) is 0 Å². The van der Waals surface area contributed by atoms with Gasteiger partial charge in [-0.1, -0.05) is 13.8 Å². The quantitative estimate of drug-likeness (QED) is 0.347. The Morgan fingerprint density at radius 1 is 1.42 bits per heavy atom. The van der Waals surface area contributed by atoms with E-state index in [-0.39, 0.29) is 23.3 Å². The molecule has 70 valence electrons. The summed E-state index contributed by atoms with van der Waals surface area (Å²) in [6, 6.07) is 0. The monoisotopic (exact) mass is 173 g/mol. The molecule has 0 aromatic heterocycles. The van der Waals surface area contributed by atoms with Gasteiger partial charge in [-0.05, 0) is 12.8 Å². The number of rotatable bonds is 6. The highest BCUT2D eigenvalue weighted by atomic mass is 16.6. The van der Waals surface area contributed by atoms with Crippen LogP contribution in [0.2, 0.25) is 0 Å². The van der Waals surface area contributed by atoms with Crippen LogP contribution in [0.1, 0.15) is 26.7 Å². The standard InChI is InChI=1S/C8H15NO3/c1-3-7(5-9(11)12)8(4-2)6-10/h6-8H,3-5H2,1-2H3. The molecule has 0 saturated heterocycles. The van der Waals surface area contributed by atoms with Gasteiger partial charge in [-0.25, -0.2) is 0 Å². The van der Waals surface area contributed by atoms with Gasteiger partial charge in [-0.2, -0.15) is 0 Å². The van der Waals surface area contributed by atoms with E-state index in [0.29, 0.717) is 12.8 Å². The summed E-state index contributed by atoms with van der Waals surface area (Å²) in [5, 5.41) is 10.2. The van der Waals surface area contributed by atoms with Crippen LogP contribution in [0, 0.1) is 22.0 Å². The molecule has 12 heavy (non-hydrogen) atoms. The fraction of sp³-hybridized carbons (Fsp3) is 0.875. The van der Waals surface area contributed by atoms with Crippen molar-refractivity contribution in [1.82, 2.24) is 0 Å². The molecule has 0 N–H and O–H groups in total. The number of nitro groups is 1. The van der Waals surface area contributed by atoms with Gasteiger partial charge >= 0.3 is 0 Å². The minimum atomic E-state index is -0.347. The molecule has 0 heterocycles. The van der Waals surface area contributed by atoms with Crippen LogP contribution in [-0.4, -0.2) is 17.8 Å². The first-order chi connectivity index (χ1) is 5.65. The van der Waals surface area contributed by atoms with Crippen LogP contribution in [-0.2, 0) is 4.79 Å². The molecule has 0 aliphatic heterocycles. The van der Waals surface area contributed by atoms with Gasteiger partial charge in [-0.15, -0.1) is 0 Å². The van der Waals surface area contributed by atoms with E-state index in [1.165, 1.54) is 0 Å². The average molecular weight is 173 g/mol. The number of hydrogen-bond acceptors (Lipinski definition) is 3. The zero-order chi connectivity index (χ0) is 9.56. The summed E-state index contributed by atoms with van der Waals surface area (Å²) >= 11 is 0. The molecule has 0 amide bonds. The molecule has 0 rings (SSSR count). The summed E-state index contributed by atoms with van der Waals surface area (Å²) in [6.45, 7) is 3.66. The maximum Gasteiger partial charge on any atom is 0.207 e. The third-order valence-corrected chi connectivity index (χ3v) is 2.16. The summed E-state index contributed by atoms with van der Waals surface area (Å²) in [5.74, 6) is -0.247. The van der Waals surface area contributed by atoms with Crippen molar-refractivity contribution < 1.29 is 9.72 Å². The number of carbonyl (C=O) groups excluding carboxylic acids is 1. The predicted octanol–water partition coefficient (Wildman–Crippen LogP) is 1.51. The summed E-state index contributed by atoms with van der Waals surface area (Å²) in [7, 11) is 0. The molecule has 0 aromatic rings. The first-order valence-corrected chi connectivity index (χ1v) is 4.22. The van der Waals surface area contributed by atoms with E-state index in [1.807, 2.05) is 13.8 Å². The SMILES string of the molecule is CCC(C=O)C(CC)C[N+](=O)[O-]. The van der Waals surface area contributed by atoms with Crippen LogP contribution < -0.4 is 0 Å². The topological polar surface area (TPSA) is 60.2 Å². The number of hydrogen-bond donors (Lipinski definition) is 0. The first kappa shape index (κ1) is 11.1. The molecule has 0 aliphatic carbocycles. The van der Waals surface area contributed by atoms with E-state index in [9.17, 15) is 14.9 Å². The molecule has 0 spiro atoms. The van der Waals surface area contributed by atoms with E-state index in [1.54, 1.807) is 0 Å². The number of nitrogens with zero attached hydrogens (tertiary/aromatic N) is 1. The molecule has 0 aliphatic rings. The lowest BCUT2D eigenvalue weighted by Crippen LogP contribution is -2.23. The van der Waals surface area contributed by atoms with Gasteiger partial charge in [0, 0.05) is 16.8 Å². The van der Waals surface area contributed by atoms with Gasteiger partial charge in [0.15, 0.2) is 0 Å². The van der Waals surface area contributed by atoms with Crippen molar-refractivity contribution in [3.05, 3.63) is 10.1 Å². The molecular formula is C8H15NO3. The highest BCUT2D eigenvalue weighted by Crippen LogP contribution is 2.17. The summed E-state index contributed by atoms with van der Waals surface area (Å²) in [6.07, 6.45) is 2.21. The molecule has 0 saturated carbocycles. The zero-order valence-electron chi connectivity index (χ0n) is 7.53. The Bertz CT molecular complexity index is 158. The Morgan fingerprint density at radius 2 is 2.00 bits per heavy atom.